The zero-order valence-corrected chi connectivity index (χ0v) is 16.3. The number of ether oxygens (including phenoxy) is 1. The third-order valence-corrected chi connectivity index (χ3v) is 5.31. The lowest BCUT2D eigenvalue weighted by Crippen LogP contribution is -2.55. The van der Waals surface area contributed by atoms with Crippen LogP contribution in [0.3, 0.4) is 0 Å². The normalized spacial score (nSPS) is 27.7. The van der Waals surface area contributed by atoms with Gasteiger partial charge in [-0.3, -0.25) is 0 Å². The quantitative estimate of drug-likeness (QED) is 0.567. The van der Waals surface area contributed by atoms with E-state index in [4.69, 9.17) is 16.3 Å². The van der Waals surface area contributed by atoms with Crippen molar-refractivity contribution < 1.29 is 25.2 Å². The minimum absolute atomic E-state index is 0.448. The van der Waals surface area contributed by atoms with Crippen molar-refractivity contribution in [3.8, 4) is 0 Å². The molecule has 2 aromatic rings. The second-order valence-corrected chi connectivity index (χ2v) is 7.45. The average molecular weight is 409 g/mol. The first kappa shape index (κ1) is 21.1. The maximum atomic E-state index is 10.3. The standard InChI is InChI=1S/C20H25ClN2O5/c1-2-3-13-5-6-14(23-22-13)9-12-8-11(4-7-15(12)21)20-19(27)18(26)17(25)16(10-24)28-20/h4-8,16-20,24-27H,2-3,9-10H2,1H3/t16?,17-,18+,19-,20+/m1/s1. The molecule has 28 heavy (non-hydrogen) atoms. The van der Waals surface area contributed by atoms with Crippen LogP contribution in [0.5, 0.6) is 0 Å². The van der Waals surface area contributed by atoms with Gasteiger partial charge in [0.25, 0.3) is 0 Å². The summed E-state index contributed by atoms with van der Waals surface area (Å²) in [6.45, 7) is 1.61. The van der Waals surface area contributed by atoms with Gasteiger partial charge in [-0.15, -0.1) is 0 Å². The van der Waals surface area contributed by atoms with Crippen molar-refractivity contribution in [2.24, 2.45) is 0 Å². The minimum Gasteiger partial charge on any atom is -0.394 e. The predicted molar refractivity (Wildman–Crippen MR) is 103 cm³/mol. The number of aromatic nitrogens is 2. The highest BCUT2D eigenvalue weighted by molar-refractivity contribution is 6.31. The molecule has 7 nitrogen and oxygen atoms in total. The first-order chi connectivity index (χ1) is 13.4. The molecule has 0 amide bonds. The first-order valence-electron chi connectivity index (χ1n) is 9.35. The fourth-order valence-electron chi connectivity index (χ4n) is 3.35. The molecule has 152 valence electrons. The summed E-state index contributed by atoms with van der Waals surface area (Å²) in [7, 11) is 0. The SMILES string of the molecule is CCCc1ccc(Cc2cc([C@@H]3OC(CO)[C@@H](O)[C@H](O)[C@H]3O)ccc2Cl)nn1. The van der Waals surface area contributed by atoms with Crippen molar-refractivity contribution in [2.75, 3.05) is 6.61 Å². The Balaban J connectivity index is 1.82. The molecule has 1 aliphatic rings. The fraction of sp³-hybridized carbons (Fsp3) is 0.500. The third kappa shape index (κ3) is 4.51. The number of benzene rings is 1. The van der Waals surface area contributed by atoms with Crippen LogP contribution in [-0.4, -0.2) is 61.6 Å². The van der Waals surface area contributed by atoms with Crippen molar-refractivity contribution in [2.45, 2.75) is 56.7 Å². The molecule has 0 spiro atoms. The lowest BCUT2D eigenvalue weighted by Gasteiger charge is -2.40. The van der Waals surface area contributed by atoms with Gasteiger partial charge in [0.05, 0.1) is 18.0 Å². The van der Waals surface area contributed by atoms with Crippen molar-refractivity contribution in [1.82, 2.24) is 10.2 Å². The van der Waals surface area contributed by atoms with Crippen LogP contribution in [0.15, 0.2) is 30.3 Å². The molecule has 1 aromatic carbocycles. The van der Waals surface area contributed by atoms with E-state index in [2.05, 4.69) is 17.1 Å². The van der Waals surface area contributed by atoms with E-state index in [1.54, 1.807) is 18.2 Å². The van der Waals surface area contributed by atoms with Gasteiger partial charge in [0, 0.05) is 11.4 Å². The van der Waals surface area contributed by atoms with Crippen LogP contribution in [-0.2, 0) is 17.6 Å². The maximum Gasteiger partial charge on any atom is 0.113 e. The summed E-state index contributed by atoms with van der Waals surface area (Å²) in [5.41, 5.74) is 3.06. The smallest absolute Gasteiger partial charge is 0.113 e. The number of halogens is 1. The lowest BCUT2D eigenvalue weighted by molar-refractivity contribution is -0.231. The summed E-state index contributed by atoms with van der Waals surface area (Å²) in [4.78, 5) is 0. The molecule has 1 fully saturated rings. The highest BCUT2D eigenvalue weighted by Gasteiger charge is 2.44. The molecule has 0 saturated carbocycles. The molecule has 8 heteroatoms. The van der Waals surface area contributed by atoms with Crippen molar-refractivity contribution in [3.63, 3.8) is 0 Å². The maximum absolute atomic E-state index is 10.3. The molecule has 5 atom stereocenters. The van der Waals surface area contributed by atoms with Gasteiger partial charge in [-0.2, -0.15) is 10.2 Å². The molecular weight excluding hydrogens is 384 g/mol. The summed E-state index contributed by atoms with van der Waals surface area (Å²) < 4.78 is 5.62. The molecule has 3 rings (SSSR count). The van der Waals surface area contributed by atoms with Crippen LogP contribution >= 0.6 is 11.6 Å². The van der Waals surface area contributed by atoms with Crippen molar-refractivity contribution >= 4 is 11.6 Å². The Bertz CT molecular complexity index is 787. The van der Waals surface area contributed by atoms with Crippen LogP contribution < -0.4 is 0 Å². The Hall–Kier alpha value is -1.61. The summed E-state index contributed by atoms with van der Waals surface area (Å²) >= 11 is 6.33. The molecule has 4 N–H and O–H groups in total. The van der Waals surface area contributed by atoms with E-state index in [0.29, 0.717) is 17.0 Å². The Morgan fingerprint density at radius 2 is 1.71 bits per heavy atom. The minimum atomic E-state index is -1.42. The largest absolute Gasteiger partial charge is 0.394 e. The predicted octanol–water partition coefficient (Wildman–Crippen LogP) is 1.19. The molecule has 2 heterocycles. The van der Waals surface area contributed by atoms with E-state index in [0.717, 1.165) is 29.8 Å². The number of aliphatic hydroxyl groups excluding tert-OH is 4. The number of nitrogens with zero attached hydrogens (tertiary/aromatic N) is 2. The van der Waals surface area contributed by atoms with E-state index >= 15 is 0 Å². The van der Waals surface area contributed by atoms with Crippen molar-refractivity contribution in [3.05, 3.63) is 57.9 Å². The fourth-order valence-corrected chi connectivity index (χ4v) is 3.53. The average Bonchev–Trinajstić information content (AvgIpc) is 2.70. The van der Waals surface area contributed by atoms with Crippen LogP contribution in [0.2, 0.25) is 5.02 Å². The molecule has 0 radical (unpaired) electrons. The highest BCUT2D eigenvalue weighted by Crippen LogP contribution is 2.34. The molecule has 1 unspecified atom stereocenters. The van der Waals surface area contributed by atoms with Gasteiger partial charge in [0.2, 0.25) is 0 Å². The van der Waals surface area contributed by atoms with Gasteiger partial charge in [-0.1, -0.05) is 37.1 Å². The zero-order chi connectivity index (χ0) is 20.3. The van der Waals surface area contributed by atoms with Crippen LogP contribution in [0.4, 0.5) is 0 Å². The van der Waals surface area contributed by atoms with Gasteiger partial charge in [-0.05, 0) is 35.7 Å². The second kappa shape index (κ2) is 9.26. The molecule has 0 bridgehead atoms. The number of aliphatic hydroxyl groups is 4. The van der Waals surface area contributed by atoms with Gasteiger partial charge < -0.3 is 25.2 Å². The molecular formula is C20H25ClN2O5. The zero-order valence-electron chi connectivity index (χ0n) is 15.6. The summed E-state index contributed by atoms with van der Waals surface area (Å²) in [6.07, 6.45) is -3.68. The number of rotatable bonds is 6. The number of hydrogen-bond donors (Lipinski definition) is 4. The van der Waals surface area contributed by atoms with E-state index in [1.807, 2.05) is 12.1 Å². The van der Waals surface area contributed by atoms with Crippen LogP contribution in [0, 0.1) is 0 Å². The van der Waals surface area contributed by atoms with Gasteiger partial charge >= 0.3 is 0 Å². The molecule has 1 aliphatic heterocycles. The van der Waals surface area contributed by atoms with E-state index in [9.17, 15) is 20.4 Å². The lowest BCUT2D eigenvalue weighted by atomic mass is 9.90. The van der Waals surface area contributed by atoms with Gasteiger partial charge in [0.1, 0.15) is 30.5 Å². The number of aryl methyl sites for hydroxylation is 1. The monoisotopic (exact) mass is 408 g/mol. The second-order valence-electron chi connectivity index (χ2n) is 7.04. The van der Waals surface area contributed by atoms with Gasteiger partial charge in [-0.25, -0.2) is 0 Å². The summed E-state index contributed by atoms with van der Waals surface area (Å²) in [6, 6.07) is 9.01. The third-order valence-electron chi connectivity index (χ3n) is 4.94. The first-order valence-corrected chi connectivity index (χ1v) is 9.72. The molecule has 1 saturated heterocycles. The van der Waals surface area contributed by atoms with E-state index in [-0.39, 0.29) is 0 Å². The Morgan fingerprint density at radius 3 is 2.36 bits per heavy atom. The Labute approximate surface area is 168 Å². The van der Waals surface area contributed by atoms with Crippen LogP contribution in [0.25, 0.3) is 0 Å². The Morgan fingerprint density at radius 1 is 1.00 bits per heavy atom. The van der Waals surface area contributed by atoms with Gasteiger partial charge in [0.15, 0.2) is 0 Å². The highest BCUT2D eigenvalue weighted by atomic mass is 35.5. The van der Waals surface area contributed by atoms with E-state index in [1.165, 1.54) is 0 Å². The Kier molecular flexibility index (Phi) is 6.98. The molecule has 1 aromatic heterocycles. The number of hydrogen-bond acceptors (Lipinski definition) is 7. The van der Waals surface area contributed by atoms with Crippen LogP contribution in [0.1, 0.15) is 42.0 Å². The van der Waals surface area contributed by atoms with Crippen molar-refractivity contribution in [1.29, 1.82) is 0 Å². The molecule has 0 aliphatic carbocycles. The van der Waals surface area contributed by atoms with E-state index < -0.39 is 37.1 Å². The summed E-state index contributed by atoms with van der Waals surface area (Å²) in [5.74, 6) is 0. The summed E-state index contributed by atoms with van der Waals surface area (Å²) in [5, 5.41) is 48.7. The topological polar surface area (TPSA) is 116 Å².